The van der Waals surface area contributed by atoms with E-state index in [2.05, 4.69) is 0 Å². The highest BCUT2D eigenvalue weighted by atomic mass is 16.5. The normalized spacial score (nSPS) is 19.8. The number of cyclic esters (lactones) is 2. The van der Waals surface area contributed by atoms with E-state index in [1.54, 1.807) is 26.0 Å². The lowest BCUT2D eigenvalue weighted by Crippen LogP contribution is -2.28. The van der Waals surface area contributed by atoms with Crippen LogP contribution in [0.1, 0.15) is 77.7 Å². The number of phenolic OH excluding ortho intramolecular Hbond substituents is 2. The number of phenols is 2. The van der Waals surface area contributed by atoms with Crippen LogP contribution in [0, 0.1) is 0 Å². The van der Waals surface area contributed by atoms with Crippen molar-refractivity contribution in [1.29, 1.82) is 0 Å². The van der Waals surface area contributed by atoms with Gasteiger partial charge in [-0.15, -0.1) is 0 Å². The van der Waals surface area contributed by atoms with Gasteiger partial charge in [0.2, 0.25) is 11.6 Å². The molecule has 2 atom stereocenters. The van der Waals surface area contributed by atoms with Gasteiger partial charge < -0.3 is 28.8 Å². The average Bonchev–Trinajstić information content (AvgIpc) is 3.26. The molecule has 3 aliphatic rings. The predicted octanol–water partition coefficient (Wildman–Crippen LogP) is 3.98. The van der Waals surface area contributed by atoms with Crippen LogP contribution in [-0.4, -0.2) is 53.0 Å². The summed E-state index contributed by atoms with van der Waals surface area (Å²) in [6.45, 7) is 3.43. The minimum Gasteiger partial charge on any atom is -0.506 e. The Labute approximate surface area is 219 Å². The number of furan rings is 1. The van der Waals surface area contributed by atoms with E-state index >= 15 is 0 Å². The van der Waals surface area contributed by atoms with Gasteiger partial charge >= 0.3 is 11.9 Å². The summed E-state index contributed by atoms with van der Waals surface area (Å²) in [7, 11) is 1.38. The predicted molar refractivity (Wildman–Crippen MR) is 134 cm³/mol. The fourth-order valence-electron chi connectivity index (χ4n) is 6.03. The molecule has 0 unspecified atom stereocenters. The molecular formula is C29H20O10. The molecule has 2 N–H and O–H groups in total. The zero-order chi connectivity index (χ0) is 27.5. The lowest BCUT2D eigenvalue weighted by molar-refractivity contribution is 0.0286. The number of fused-ring (bicyclic) bond motifs is 8. The second-order valence-corrected chi connectivity index (χ2v) is 10.1. The third-order valence-electron chi connectivity index (χ3n) is 7.63. The third kappa shape index (κ3) is 2.91. The smallest absolute Gasteiger partial charge is 0.342 e. The zero-order valence-electron chi connectivity index (χ0n) is 21.0. The molecule has 4 aromatic rings. The molecule has 2 aliphatic heterocycles. The summed E-state index contributed by atoms with van der Waals surface area (Å²) in [6.07, 6.45) is -0.215. The highest BCUT2D eigenvalue weighted by molar-refractivity contribution is 6.35. The van der Waals surface area contributed by atoms with Gasteiger partial charge in [0.1, 0.15) is 40.6 Å². The van der Waals surface area contributed by atoms with Crippen molar-refractivity contribution in [2.45, 2.75) is 38.9 Å². The fourth-order valence-corrected chi connectivity index (χ4v) is 6.03. The van der Waals surface area contributed by atoms with Crippen LogP contribution in [-0.2, 0) is 22.3 Å². The fraction of sp³-hybridized carbons (Fsp3) is 0.241. The molecule has 10 nitrogen and oxygen atoms in total. The van der Waals surface area contributed by atoms with E-state index in [9.17, 15) is 29.4 Å². The molecule has 3 aromatic carbocycles. The molecule has 3 heterocycles. The number of methoxy groups -OCH3 is 1. The van der Waals surface area contributed by atoms with Gasteiger partial charge in [-0.25, -0.2) is 9.59 Å². The number of ketones is 2. The summed E-state index contributed by atoms with van der Waals surface area (Å²) in [4.78, 5) is 52.8. The quantitative estimate of drug-likeness (QED) is 0.306. The van der Waals surface area contributed by atoms with Gasteiger partial charge in [0, 0.05) is 18.4 Å². The average molecular weight is 528 g/mol. The summed E-state index contributed by atoms with van der Waals surface area (Å²) in [5.41, 5.74) is 0.143. The van der Waals surface area contributed by atoms with Crippen molar-refractivity contribution < 1.29 is 48.0 Å². The number of benzene rings is 3. The molecule has 196 valence electrons. The first-order valence-electron chi connectivity index (χ1n) is 12.3. The lowest BCUT2D eigenvalue weighted by Gasteiger charge is -2.25. The molecular weight excluding hydrogens is 508 g/mol. The van der Waals surface area contributed by atoms with Gasteiger partial charge in [-0.3, -0.25) is 9.59 Å². The molecule has 10 heteroatoms. The largest absolute Gasteiger partial charge is 0.506 e. The van der Waals surface area contributed by atoms with Crippen molar-refractivity contribution >= 4 is 45.2 Å². The first kappa shape index (κ1) is 23.3. The zero-order valence-corrected chi connectivity index (χ0v) is 21.0. The molecule has 0 radical (unpaired) electrons. The second kappa shape index (κ2) is 7.59. The van der Waals surface area contributed by atoms with Gasteiger partial charge in [-0.2, -0.15) is 0 Å². The number of aromatic hydroxyl groups is 2. The van der Waals surface area contributed by atoms with Crippen LogP contribution in [0.5, 0.6) is 17.2 Å². The Kier molecular flexibility index (Phi) is 4.53. The summed E-state index contributed by atoms with van der Waals surface area (Å²) in [5.74, 6) is -4.06. The molecule has 0 fully saturated rings. The van der Waals surface area contributed by atoms with Crippen LogP contribution in [0.3, 0.4) is 0 Å². The van der Waals surface area contributed by atoms with Gasteiger partial charge in [0.15, 0.2) is 11.3 Å². The number of esters is 2. The van der Waals surface area contributed by atoms with E-state index in [0.717, 1.165) is 0 Å². The summed E-state index contributed by atoms with van der Waals surface area (Å²) in [5, 5.41) is 23.0. The van der Waals surface area contributed by atoms with Crippen molar-refractivity contribution in [3.05, 3.63) is 62.9 Å². The maximum Gasteiger partial charge on any atom is 0.342 e. The minimum atomic E-state index is -0.786. The summed E-state index contributed by atoms with van der Waals surface area (Å²) >= 11 is 0. The lowest BCUT2D eigenvalue weighted by atomic mass is 9.82. The van der Waals surface area contributed by atoms with Crippen LogP contribution < -0.4 is 4.74 Å². The number of rotatable bonds is 1. The van der Waals surface area contributed by atoms with Gasteiger partial charge in [-0.05, 0) is 48.6 Å². The molecule has 39 heavy (non-hydrogen) atoms. The molecule has 0 saturated carbocycles. The maximum absolute atomic E-state index is 13.9. The summed E-state index contributed by atoms with van der Waals surface area (Å²) in [6, 6.07) is 4.71. The van der Waals surface area contributed by atoms with Crippen molar-refractivity contribution in [3.63, 3.8) is 0 Å². The van der Waals surface area contributed by atoms with Crippen molar-refractivity contribution in [3.8, 4) is 17.2 Å². The second-order valence-electron chi connectivity index (χ2n) is 10.1. The van der Waals surface area contributed by atoms with Crippen molar-refractivity contribution in [1.82, 2.24) is 0 Å². The van der Waals surface area contributed by atoms with Crippen molar-refractivity contribution in [2.24, 2.45) is 0 Å². The van der Waals surface area contributed by atoms with Gasteiger partial charge in [0.25, 0.3) is 0 Å². The topological polar surface area (TPSA) is 150 Å². The molecule has 0 saturated heterocycles. The van der Waals surface area contributed by atoms with E-state index in [1.165, 1.54) is 13.2 Å². The van der Waals surface area contributed by atoms with Gasteiger partial charge in [-0.1, -0.05) is 0 Å². The van der Waals surface area contributed by atoms with E-state index in [4.69, 9.17) is 18.6 Å². The van der Waals surface area contributed by atoms with Gasteiger partial charge in [0.05, 0.1) is 29.0 Å². The molecule has 0 bridgehead atoms. The van der Waals surface area contributed by atoms with E-state index in [0.29, 0.717) is 22.9 Å². The number of hydrogen-bond acceptors (Lipinski definition) is 10. The minimum absolute atomic E-state index is 0.0136. The Morgan fingerprint density at radius 3 is 2.03 bits per heavy atom. The molecule has 1 aromatic heterocycles. The van der Waals surface area contributed by atoms with E-state index < -0.39 is 41.1 Å². The maximum atomic E-state index is 13.9. The van der Waals surface area contributed by atoms with E-state index in [-0.39, 0.29) is 68.2 Å². The SMILES string of the molecule is COc1cc2cc3c(c(O)c2c2oc4c(c12)C(=O)c1c(cc2c(c1O)C(=O)O[C@H](C)C2)C4=O)C(=O)O[C@@H](C)C3. The highest BCUT2D eigenvalue weighted by Crippen LogP contribution is 2.49. The Hall–Kier alpha value is -4.86. The third-order valence-corrected chi connectivity index (χ3v) is 7.63. The van der Waals surface area contributed by atoms with Crippen molar-refractivity contribution in [2.75, 3.05) is 7.11 Å². The number of carbonyl (C=O) groups excluding carboxylic acids is 4. The Bertz CT molecular complexity index is 1880. The monoisotopic (exact) mass is 528 g/mol. The Morgan fingerprint density at radius 1 is 0.769 bits per heavy atom. The van der Waals surface area contributed by atoms with E-state index in [1.807, 2.05) is 0 Å². The Morgan fingerprint density at radius 2 is 1.38 bits per heavy atom. The first-order valence-corrected chi connectivity index (χ1v) is 12.3. The number of hydrogen-bond donors (Lipinski definition) is 2. The standard InChI is InChI=1S/C29H20O10/c1-9-4-11-6-13-8-15(36-3)20-21-25(33)19-14(7-12-5-10(2)38-29(35)18(12)24(19)32)22(30)27(21)39-26(20)16(13)23(31)17(11)28(34)37-9/h6-10,31-32H,4-5H2,1-3H3/t9-,10+/m0/s1. The van der Waals surface area contributed by atoms with Crippen LogP contribution in [0.15, 0.2) is 22.6 Å². The molecule has 1 aliphatic carbocycles. The van der Waals surface area contributed by atoms with Crippen LogP contribution in [0.25, 0.3) is 21.7 Å². The van der Waals surface area contributed by atoms with Crippen LogP contribution >= 0.6 is 0 Å². The first-order chi connectivity index (χ1) is 18.6. The molecule has 0 amide bonds. The highest BCUT2D eigenvalue weighted by Gasteiger charge is 2.42. The Balaban J connectivity index is 1.55. The van der Waals surface area contributed by atoms with Crippen LogP contribution in [0.4, 0.5) is 0 Å². The molecule has 7 rings (SSSR count). The molecule has 0 spiro atoms. The number of carbonyl (C=O) groups is 4. The summed E-state index contributed by atoms with van der Waals surface area (Å²) < 4.78 is 22.1. The van der Waals surface area contributed by atoms with Crippen LogP contribution in [0.2, 0.25) is 0 Å². The number of ether oxygens (including phenoxy) is 3.